The zero-order valence-electron chi connectivity index (χ0n) is 15.8. The summed E-state index contributed by atoms with van der Waals surface area (Å²) < 4.78 is 7.26. The molecule has 0 aliphatic rings. The van der Waals surface area contributed by atoms with E-state index in [2.05, 4.69) is 22.1 Å². The normalized spacial score (nSPS) is 11.8. The molecule has 1 aromatic heterocycles. The average Bonchev–Trinajstić information content (AvgIpc) is 3.16. The predicted molar refractivity (Wildman–Crippen MR) is 117 cm³/mol. The molecule has 0 bridgehead atoms. The van der Waals surface area contributed by atoms with Crippen LogP contribution in [0.15, 0.2) is 45.6 Å². The number of hydrogen-bond donors (Lipinski definition) is 2. The molecule has 1 atom stereocenters. The van der Waals surface area contributed by atoms with Crippen LogP contribution in [0.2, 0.25) is 0 Å². The number of carbonyl (C=O) groups excluding carboxylic acids is 1. The summed E-state index contributed by atoms with van der Waals surface area (Å²) in [6.45, 7) is 6.66. The van der Waals surface area contributed by atoms with E-state index in [1.165, 1.54) is 34.9 Å². The minimum atomic E-state index is -0.624. The lowest BCUT2D eigenvalue weighted by atomic mass is 10.1. The highest BCUT2D eigenvalue weighted by Crippen LogP contribution is 2.29. The van der Waals surface area contributed by atoms with E-state index in [1.54, 1.807) is 0 Å². The van der Waals surface area contributed by atoms with Gasteiger partial charge in [-0.2, -0.15) is 0 Å². The van der Waals surface area contributed by atoms with E-state index >= 15 is 0 Å². The van der Waals surface area contributed by atoms with Crippen LogP contribution >= 0.6 is 34.9 Å². The van der Waals surface area contributed by atoms with Crippen molar-refractivity contribution in [3.8, 4) is 5.75 Å². The number of aromatic nitrogens is 2. The largest absolute Gasteiger partial charge is 0.491 e. The van der Waals surface area contributed by atoms with Crippen molar-refractivity contribution in [2.75, 3.05) is 24.7 Å². The number of aliphatic hydroxyl groups is 1. The lowest BCUT2D eigenvalue weighted by molar-refractivity contribution is -0.118. The first-order valence-electron chi connectivity index (χ1n) is 8.97. The molecule has 0 fully saturated rings. The summed E-state index contributed by atoms with van der Waals surface area (Å²) in [6, 6.07) is 7.74. The molecule has 0 saturated carbocycles. The Balaban J connectivity index is 1.71. The van der Waals surface area contributed by atoms with Gasteiger partial charge in [0.15, 0.2) is 8.68 Å². The van der Waals surface area contributed by atoms with E-state index in [9.17, 15) is 9.90 Å². The van der Waals surface area contributed by atoms with Gasteiger partial charge in [0.05, 0.1) is 11.9 Å². The summed E-state index contributed by atoms with van der Waals surface area (Å²) in [5.41, 5.74) is 1.05. The lowest BCUT2D eigenvalue weighted by Crippen LogP contribution is -2.25. The number of hydrogen-bond acceptors (Lipinski definition) is 8. The van der Waals surface area contributed by atoms with Gasteiger partial charge in [-0.3, -0.25) is 4.79 Å². The second-order valence-electron chi connectivity index (χ2n) is 5.85. The molecule has 6 nitrogen and oxygen atoms in total. The summed E-state index contributed by atoms with van der Waals surface area (Å²) in [7, 11) is 0. The van der Waals surface area contributed by atoms with Gasteiger partial charge in [-0.25, -0.2) is 0 Å². The van der Waals surface area contributed by atoms with Crippen LogP contribution in [0.1, 0.15) is 18.9 Å². The van der Waals surface area contributed by atoms with E-state index in [0.717, 1.165) is 32.8 Å². The third-order valence-corrected chi connectivity index (χ3v) is 6.79. The summed E-state index contributed by atoms with van der Waals surface area (Å²) >= 11 is 4.23. The van der Waals surface area contributed by atoms with Crippen molar-refractivity contribution in [3.05, 3.63) is 42.5 Å². The maximum Gasteiger partial charge on any atom is 0.230 e. The van der Waals surface area contributed by atoms with Crippen molar-refractivity contribution in [2.24, 2.45) is 0 Å². The molecule has 2 N–H and O–H groups in total. The number of rotatable bonds is 13. The Morgan fingerprint density at radius 2 is 2.11 bits per heavy atom. The number of nitrogens with one attached hydrogen (secondary N) is 1. The molecule has 152 valence electrons. The summed E-state index contributed by atoms with van der Waals surface area (Å²) in [5.74, 6) is 1.56. The van der Waals surface area contributed by atoms with E-state index < -0.39 is 6.10 Å². The van der Waals surface area contributed by atoms with Crippen LogP contribution in [-0.2, 0) is 11.2 Å². The zero-order valence-corrected chi connectivity index (χ0v) is 18.2. The summed E-state index contributed by atoms with van der Waals surface area (Å²) in [6.07, 6.45) is 2.85. The quantitative estimate of drug-likeness (QED) is 0.365. The molecule has 1 unspecified atom stereocenters. The predicted octanol–water partition coefficient (Wildman–Crippen LogP) is 3.42. The molecular weight excluding hydrogens is 414 g/mol. The van der Waals surface area contributed by atoms with Crippen LogP contribution in [0, 0.1) is 0 Å². The Morgan fingerprint density at radius 1 is 1.36 bits per heavy atom. The second-order valence-corrected chi connectivity index (χ2v) is 9.32. The van der Waals surface area contributed by atoms with Crippen LogP contribution in [-0.4, -0.2) is 52.0 Å². The van der Waals surface area contributed by atoms with Crippen molar-refractivity contribution >= 4 is 40.8 Å². The number of allylic oxidation sites excluding steroid dienone is 1. The molecule has 0 aliphatic carbocycles. The number of nitrogens with zero attached hydrogens (tertiary/aromatic N) is 2. The number of thioether (sulfide) groups is 2. The molecule has 2 aromatic rings. The van der Waals surface area contributed by atoms with Crippen molar-refractivity contribution in [2.45, 2.75) is 34.5 Å². The molecular formula is C19H25N3O3S3. The molecule has 1 heterocycles. The Morgan fingerprint density at radius 3 is 2.86 bits per heavy atom. The fourth-order valence-electron chi connectivity index (χ4n) is 2.13. The summed E-state index contributed by atoms with van der Waals surface area (Å²) in [5, 5.41) is 21.2. The number of aliphatic hydroxyl groups excluding tert-OH is 1. The van der Waals surface area contributed by atoms with Gasteiger partial charge in [0.25, 0.3) is 0 Å². The molecule has 2 rings (SSSR count). The molecule has 0 spiro atoms. The first-order valence-corrected chi connectivity index (χ1v) is 11.8. The van der Waals surface area contributed by atoms with E-state index in [1.807, 2.05) is 37.3 Å². The Kier molecular flexibility index (Phi) is 10.4. The maximum atomic E-state index is 11.6. The Hall–Kier alpha value is -1.55. The number of para-hydroxylation sites is 1. The standard InChI is InChI=1S/C19H25N3O3S3/c1-3-7-14-8-5-6-9-16(14)25-11-15(23)12-26-18-21-22-19(28-18)27-13-17(24)20-10-4-2/h3,5-6,8-9,15,23H,1,4,7,10-13H2,2H3,(H,20,24). The molecule has 0 saturated heterocycles. The molecule has 9 heteroatoms. The number of amides is 1. The van der Waals surface area contributed by atoms with Gasteiger partial charge in [-0.1, -0.05) is 66.1 Å². The van der Waals surface area contributed by atoms with E-state index in [-0.39, 0.29) is 12.5 Å². The monoisotopic (exact) mass is 439 g/mol. The second kappa shape index (κ2) is 12.8. The molecule has 1 aromatic carbocycles. The topological polar surface area (TPSA) is 84.3 Å². The third kappa shape index (κ3) is 8.22. The van der Waals surface area contributed by atoms with Gasteiger partial charge in [0.2, 0.25) is 5.91 Å². The van der Waals surface area contributed by atoms with Crippen LogP contribution in [0.3, 0.4) is 0 Å². The van der Waals surface area contributed by atoms with E-state index in [0.29, 0.717) is 18.1 Å². The van der Waals surface area contributed by atoms with Gasteiger partial charge in [-0.15, -0.1) is 16.8 Å². The van der Waals surface area contributed by atoms with Crippen molar-refractivity contribution in [3.63, 3.8) is 0 Å². The fraction of sp³-hybridized carbons (Fsp3) is 0.421. The first-order chi connectivity index (χ1) is 13.6. The number of ether oxygens (including phenoxy) is 1. The van der Waals surface area contributed by atoms with Gasteiger partial charge in [-0.05, 0) is 24.5 Å². The fourth-order valence-corrected chi connectivity index (χ4v) is 4.91. The minimum absolute atomic E-state index is 0.000518. The highest BCUT2D eigenvalue weighted by molar-refractivity contribution is 8.03. The van der Waals surface area contributed by atoms with Crippen molar-refractivity contribution in [1.82, 2.24) is 15.5 Å². The highest BCUT2D eigenvalue weighted by Gasteiger charge is 2.12. The van der Waals surface area contributed by atoms with Gasteiger partial charge < -0.3 is 15.2 Å². The van der Waals surface area contributed by atoms with Crippen LogP contribution in [0.25, 0.3) is 0 Å². The number of carbonyl (C=O) groups is 1. The Labute approximate surface area is 178 Å². The van der Waals surface area contributed by atoms with Gasteiger partial charge in [0, 0.05) is 12.3 Å². The SMILES string of the molecule is C=CCc1ccccc1OCC(O)CSc1nnc(SCC(=O)NCCC)s1. The highest BCUT2D eigenvalue weighted by atomic mass is 32.2. The minimum Gasteiger partial charge on any atom is -0.491 e. The molecule has 0 aliphatic heterocycles. The zero-order chi connectivity index (χ0) is 20.2. The summed E-state index contributed by atoms with van der Waals surface area (Å²) in [4.78, 5) is 11.6. The Bertz CT molecular complexity index is 755. The first kappa shape index (κ1) is 22.7. The molecule has 28 heavy (non-hydrogen) atoms. The van der Waals surface area contributed by atoms with Crippen molar-refractivity contribution < 1.29 is 14.6 Å². The number of benzene rings is 1. The maximum absolute atomic E-state index is 11.6. The van der Waals surface area contributed by atoms with Crippen LogP contribution in [0.5, 0.6) is 5.75 Å². The average molecular weight is 440 g/mol. The van der Waals surface area contributed by atoms with Crippen LogP contribution < -0.4 is 10.1 Å². The van der Waals surface area contributed by atoms with Gasteiger partial charge in [0.1, 0.15) is 12.4 Å². The molecule has 0 radical (unpaired) electrons. The lowest BCUT2D eigenvalue weighted by Gasteiger charge is -2.13. The molecule has 1 amide bonds. The van der Waals surface area contributed by atoms with Gasteiger partial charge >= 0.3 is 0 Å². The third-order valence-electron chi connectivity index (χ3n) is 3.45. The van der Waals surface area contributed by atoms with Crippen LogP contribution in [0.4, 0.5) is 0 Å². The smallest absolute Gasteiger partial charge is 0.230 e. The van der Waals surface area contributed by atoms with Crippen molar-refractivity contribution in [1.29, 1.82) is 0 Å². The van der Waals surface area contributed by atoms with E-state index in [4.69, 9.17) is 4.74 Å².